The molecule has 0 aliphatic heterocycles. The van der Waals surface area contributed by atoms with Crippen molar-refractivity contribution in [2.45, 2.75) is 37.6 Å². The molecule has 1 aromatic carbocycles. The lowest BCUT2D eigenvalue weighted by Crippen LogP contribution is -2.36. The lowest BCUT2D eigenvalue weighted by atomic mass is 9.80. The number of hydrogen-bond acceptors (Lipinski definition) is 1. The van der Waals surface area contributed by atoms with Gasteiger partial charge in [0.05, 0.1) is 0 Å². The van der Waals surface area contributed by atoms with E-state index in [-0.39, 0.29) is 0 Å². The van der Waals surface area contributed by atoms with Gasteiger partial charge in [-0.15, -0.1) is 0 Å². The third-order valence-electron chi connectivity index (χ3n) is 5.23. The first-order valence-corrected chi connectivity index (χ1v) is 10.6. The van der Waals surface area contributed by atoms with Crippen molar-refractivity contribution in [1.82, 2.24) is 5.32 Å². The molecule has 1 heteroatoms. The van der Waals surface area contributed by atoms with Crippen LogP contribution < -0.4 is 5.32 Å². The zero-order valence-corrected chi connectivity index (χ0v) is 17.0. The maximum Gasteiger partial charge on any atom is 0.0342 e. The number of allylic oxidation sites excluding steroid dienone is 11. The molecule has 1 aromatic rings. The van der Waals surface area contributed by atoms with Gasteiger partial charge in [-0.1, -0.05) is 122 Å². The largest absolute Gasteiger partial charge is 0.382 e. The van der Waals surface area contributed by atoms with Gasteiger partial charge in [-0.25, -0.2) is 0 Å². The van der Waals surface area contributed by atoms with Gasteiger partial charge in [0.25, 0.3) is 0 Å². The van der Waals surface area contributed by atoms with Crippen molar-refractivity contribution in [2.24, 2.45) is 0 Å². The molecule has 0 spiro atoms. The highest BCUT2D eigenvalue weighted by atomic mass is 14.9. The Morgan fingerprint density at radius 2 is 1.14 bits per heavy atom. The van der Waals surface area contributed by atoms with E-state index in [1.165, 1.54) is 31.2 Å². The summed E-state index contributed by atoms with van der Waals surface area (Å²) in [4.78, 5) is 0. The third-order valence-corrected chi connectivity index (χ3v) is 5.23. The Balaban J connectivity index is 1.84. The van der Waals surface area contributed by atoms with Gasteiger partial charge in [0.2, 0.25) is 0 Å². The Morgan fingerprint density at radius 1 is 0.586 bits per heavy atom. The van der Waals surface area contributed by atoms with Crippen LogP contribution in [0.4, 0.5) is 0 Å². The summed E-state index contributed by atoms with van der Waals surface area (Å²) in [5, 5.41) is 3.84. The summed E-state index contributed by atoms with van der Waals surface area (Å²) < 4.78 is 0. The minimum atomic E-state index is 0.437. The van der Waals surface area contributed by atoms with E-state index in [4.69, 9.17) is 0 Å². The second kappa shape index (κ2) is 12.4. The van der Waals surface area contributed by atoms with Crippen LogP contribution in [0.15, 0.2) is 127 Å². The van der Waals surface area contributed by atoms with Gasteiger partial charge >= 0.3 is 0 Å². The molecule has 0 saturated heterocycles. The Hall–Kier alpha value is -3.06. The molecule has 1 saturated carbocycles. The average molecular weight is 382 g/mol. The molecule has 0 bridgehead atoms. The third kappa shape index (κ3) is 7.46. The maximum absolute atomic E-state index is 3.84. The quantitative estimate of drug-likeness (QED) is 0.588. The molecule has 29 heavy (non-hydrogen) atoms. The van der Waals surface area contributed by atoms with E-state index in [0.29, 0.717) is 12.0 Å². The SMILES string of the molecule is C1=C\C=C/C=C\C(NC2CCCCC2c2ccccccccc2)=C/C=C\C=C/1. The van der Waals surface area contributed by atoms with E-state index >= 15 is 0 Å². The van der Waals surface area contributed by atoms with Crippen molar-refractivity contribution in [3.05, 3.63) is 133 Å². The van der Waals surface area contributed by atoms with Crippen LogP contribution >= 0.6 is 0 Å². The first kappa shape index (κ1) is 20.7. The molecule has 0 amide bonds. The molecule has 2 unspecified atom stereocenters. The maximum atomic E-state index is 3.84. The summed E-state index contributed by atoms with van der Waals surface area (Å²) in [5.74, 6) is 0.513. The van der Waals surface area contributed by atoms with Gasteiger partial charge in [-0.2, -0.15) is 0 Å². The van der Waals surface area contributed by atoms with Crippen molar-refractivity contribution in [2.75, 3.05) is 0 Å². The van der Waals surface area contributed by atoms with E-state index in [9.17, 15) is 0 Å². The second-order valence-corrected chi connectivity index (χ2v) is 7.34. The normalized spacial score (nSPS) is 28.8. The molecule has 3 rings (SSSR count). The molecule has 1 nitrogen and oxygen atoms in total. The Bertz CT molecular complexity index is 840. The predicted molar refractivity (Wildman–Crippen MR) is 126 cm³/mol. The van der Waals surface area contributed by atoms with Crippen molar-refractivity contribution < 1.29 is 0 Å². The number of rotatable bonds is 3. The standard InChI is InChI=1S/C28H31N/c1-2-7-11-15-21-26(22-16-12-8-3-1)29-28-24-18-17-23-27(28)25-19-13-9-5-4-6-10-14-20-25/h1-16,19-22,27-29H,17-18,23-24H2/b2-1-,3-1?,5-4?,6-4?,7-2?,8-3-,9-5?,10-6?,11-7-,12-8?,13-9?,14-10?,15-11?,16-12-,19-13?,20-14?,21-15-,22-16?,25-19?,25-20?,26-21?,26-22+. The lowest BCUT2D eigenvalue weighted by molar-refractivity contribution is 0.348. The van der Waals surface area contributed by atoms with Gasteiger partial charge in [0.1, 0.15) is 0 Å². The fourth-order valence-electron chi connectivity index (χ4n) is 3.79. The molecule has 148 valence electrons. The van der Waals surface area contributed by atoms with Gasteiger partial charge in [-0.05, 0) is 30.6 Å². The van der Waals surface area contributed by atoms with Gasteiger partial charge in [-0.3, -0.25) is 0 Å². The van der Waals surface area contributed by atoms with Crippen LogP contribution in [0.3, 0.4) is 0 Å². The predicted octanol–water partition coefficient (Wildman–Crippen LogP) is 7.11. The number of nitrogens with one attached hydrogen (secondary N) is 1. The highest BCUT2D eigenvalue weighted by molar-refractivity contribution is 5.30. The fourth-order valence-corrected chi connectivity index (χ4v) is 3.79. The van der Waals surface area contributed by atoms with E-state index in [0.717, 1.165) is 5.70 Å². The van der Waals surface area contributed by atoms with Crippen LogP contribution in [0.2, 0.25) is 0 Å². The second-order valence-electron chi connectivity index (χ2n) is 7.34. The first-order chi connectivity index (χ1) is 14.4. The zero-order valence-electron chi connectivity index (χ0n) is 17.0. The topological polar surface area (TPSA) is 12.0 Å². The molecule has 2 aliphatic rings. The monoisotopic (exact) mass is 381 g/mol. The molecule has 2 atom stereocenters. The van der Waals surface area contributed by atoms with Gasteiger partial charge < -0.3 is 5.32 Å². The molecule has 1 fully saturated rings. The molecule has 1 N–H and O–H groups in total. The van der Waals surface area contributed by atoms with Crippen LogP contribution in [0, 0.1) is 0 Å². The lowest BCUT2D eigenvalue weighted by Gasteiger charge is -2.33. The average Bonchev–Trinajstić information content (AvgIpc) is 2.74. The summed E-state index contributed by atoms with van der Waals surface area (Å²) in [5.41, 5.74) is 2.56. The molecular formula is C28H31N. The van der Waals surface area contributed by atoms with Crippen LogP contribution in [0.25, 0.3) is 0 Å². The minimum Gasteiger partial charge on any atom is -0.382 e. The van der Waals surface area contributed by atoms with Crippen molar-refractivity contribution in [3.63, 3.8) is 0 Å². The van der Waals surface area contributed by atoms with E-state index in [1.54, 1.807) is 0 Å². The summed E-state index contributed by atoms with van der Waals surface area (Å²) >= 11 is 0. The molecule has 2 aliphatic carbocycles. The highest BCUT2D eigenvalue weighted by Crippen LogP contribution is 2.33. The fraction of sp³-hybridized carbons (Fsp3) is 0.214. The first-order valence-electron chi connectivity index (χ1n) is 10.6. The summed E-state index contributed by atoms with van der Waals surface area (Å²) in [6, 6.07) is 19.7. The van der Waals surface area contributed by atoms with Crippen LogP contribution in [0.5, 0.6) is 0 Å². The van der Waals surface area contributed by atoms with Crippen LogP contribution in [-0.2, 0) is 0 Å². The van der Waals surface area contributed by atoms with E-state index < -0.39 is 0 Å². The minimum absolute atomic E-state index is 0.437. The highest BCUT2D eigenvalue weighted by Gasteiger charge is 2.26. The Labute approximate surface area is 175 Å². The molecular weight excluding hydrogens is 350 g/mol. The number of hydrogen-bond donors (Lipinski definition) is 1. The van der Waals surface area contributed by atoms with E-state index in [1.807, 2.05) is 18.2 Å². The molecule has 0 heterocycles. The smallest absolute Gasteiger partial charge is 0.0342 e. The molecule has 0 radical (unpaired) electrons. The molecule has 0 aromatic heterocycles. The summed E-state index contributed by atoms with van der Waals surface area (Å²) in [6.07, 6.45) is 27.9. The van der Waals surface area contributed by atoms with Crippen molar-refractivity contribution >= 4 is 0 Å². The summed E-state index contributed by atoms with van der Waals surface area (Å²) in [6.45, 7) is 0. The van der Waals surface area contributed by atoms with Crippen molar-refractivity contribution in [3.8, 4) is 0 Å². The van der Waals surface area contributed by atoms with Crippen LogP contribution in [0.1, 0.15) is 37.2 Å². The van der Waals surface area contributed by atoms with Crippen LogP contribution in [-0.4, -0.2) is 6.04 Å². The van der Waals surface area contributed by atoms with Crippen molar-refractivity contribution in [1.29, 1.82) is 0 Å². The Kier molecular flexibility index (Phi) is 8.84. The Morgan fingerprint density at radius 3 is 1.83 bits per heavy atom. The van der Waals surface area contributed by atoms with Gasteiger partial charge in [0, 0.05) is 17.7 Å². The zero-order chi connectivity index (χ0) is 20.0. The van der Waals surface area contributed by atoms with E-state index in [2.05, 4.69) is 109 Å². The van der Waals surface area contributed by atoms with Gasteiger partial charge in [0.15, 0.2) is 0 Å². The summed E-state index contributed by atoms with van der Waals surface area (Å²) in [7, 11) is 0.